The van der Waals surface area contributed by atoms with Gasteiger partial charge in [0.1, 0.15) is 6.07 Å². The van der Waals surface area contributed by atoms with Crippen molar-refractivity contribution in [3.63, 3.8) is 0 Å². The highest BCUT2D eigenvalue weighted by atomic mass is 16.5. The van der Waals surface area contributed by atoms with Crippen molar-refractivity contribution in [3.05, 3.63) is 29.8 Å². The van der Waals surface area contributed by atoms with Crippen LogP contribution in [0.1, 0.15) is 45.6 Å². The molecule has 7 nitrogen and oxygen atoms in total. The average molecular weight is 401 g/mol. The van der Waals surface area contributed by atoms with Crippen molar-refractivity contribution in [3.8, 4) is 6.07 Å². The van der Waals surface area contributed by atoms with E-state index in [2.05, 4.69) is 21.6 Å². The molecule has 2 amide bonds. The minimum absolute atomic E-state index is 0.00755. The molecule has 0 bridgehead atoms. The summed E-state index contributed by atoms with van der Waals surface area (Å²) in [6.45, 7) is 8.53. The fraction of sp³-hybridized carbons (Fsp3) is 0.591. The molecule has 1 fully saturated rings. The molecule has 1 unspecified atom stereocenters. The van der Waals surface area contributed by atoms with Gasteiger partial charge in [-0.3, -0.25) is 14.5 Å². The maximum absolute atomic E-state index is 12.6. The van der Waals surface area contributed by atoms with E-state index in [1.807, 2.05) is 20.8 Å². The number of likely N-dealkylation sites (tertiary alicyclic amines) is 1. The average Bonchev–Trinajstić information content (AvgIpc) is 2.73. The summed E-state index contributed by atoms with van der Waals surface area (Å²) in [6, 6.07) is 8.74. The van der Waals surface area contributed by atoms with Crippen molar-refractivity contribution >= 4 is 17.5 Å². The highest BCUT2D eigenvalue weighted by Crippen LogP contribution is 2.20. The predicted molar refractivity (Wildman–Crippen MR) is 112 cm³/mol. The molecule has 1 aromatic rings. The predicted octanol–water partition coefficient (Wildman–Crippen LogP) is 2.53. The maximum Gasteiger partial charge on any atom is 0.241 e. The third kappa shape index (κ3) is 7.15. The molecule has 0 radical (unpaired) electrons. The van der Waals surface area contributed by atoms with Crippen LogP contribution < -0.4 is 10.6 Å². The number of para-hydroxylation sites is 1. The zero-order chi connectivity index (χ0) is 21.2. The van der Waals surface area contributed by atoms with Crippen LogP contribution in [-0.4, -0.2) is 55.1 Å². The normalized spacial score (nSPS) is 16.2. The molecule has 1 aliphatic heterocycles. The summed E-state index contributed by atoms with van der Waals surface area (Å²) >= 11 is 0. The Balaban J connectivity index is 1.74. The zero-order valence-electron chi connectivity index (χ0n) is 17.6. The van der Waals surface area contributed by atoms with E-state index in [-0.39, 0.29) is 29.9 Å². The molecule has 0 aliphatic carbocycles. The molecule has 0 aromatic heterocycles. The molecule has 0 saturated carbocycles. The van der Waals surface area contributed by atoms with E-state index < -0.39 is 0 Å². The van der Waals surface area contributed by atoms with Gasteiger partial charge in [0.05, 0.1) is 23.4 Å². The molecular weight excluding hydrogens is 368 g/mol. The van der Waals surface area contributed by atoms with Crippen LogP contribution in [-0.2, 0) is 14.3 Å². The molecule has 0 spiro atoms. The van der Waals surface area contributed by atoms with Crippen molar-refractivity contribution in [2.45, 2.75) is 52.2 Å². The van der Waals surface area contributed by atoms with Gasteiger partial charge in [-0.15, -0.1) is 0 Å². The van der Waals surface area contributed by atoms with Gasteiger partial charge in [0.2, 0.25) is 11.8 Å². The summed E-state index contributed by atoms with van der Waals surface area (Å²) in [5.74, 6) is -0.0538. The molecule has 1 heterocycles. The first-order chi connectivity index (χ1) is 13.9. The maximum atomic E-state index is 12.6. The Morgan fingerprint density at radius 2 is 1.93 bits per heavy atom. The summed E-state index contributed by atoms with van der Waals surface area (Å²) in [6.07, 6.45) is 2.49. The van der Waals surface area contributed by atoms with Crippen molar-refractivity contribution in [2.24, 2.45) is 5.92 Å². The van der Waals surface area contributed by atoms with Crippen LogP contribution >= 0.6 is 0 Å². The number of hydrogen-bond acceptors (Lipinski definition) is 5. The highest BCUT2D eigenvalue weighted by Gasteiger charge is 2.29. The lowest BCUT2D eigenvalue weighted by Gasteiger charge is -2.34. The summed E-state index contributed by atoms with van der Waals surface area (Å²) in [4.78, 5) is 27.0. The fourth-order valence-corrected chi connectivity index (χ4v) is 3.39. The Hall–Kier alpha value is -2.43. The molecule has 29 heavy (non-hydrogen) atoms. The summed E-state index contributed by atoms with van der Waals surface area (Å²) in [5, 5.41) is 15.0. The summed E-state index contributed by atoms with van der Waals surface area (Å²) < 4.78 is 5.48. The molecule has 1 saturated heterocycles. The van der Waals surface area contributed by atoms with Gasteiger partial charge in [0.15, 0.2) is 0 Å². The lowest BCUT2D eigenvalue weighted by atomic mass is 9.95. The molecule has 7 heteroatoms. The van der Waals surface area contributed by atoms with Crippen molar-refractivity contribution < 1.29 is 14.3 Å². The molecular formula is C22H32N4O3. The van der Waals surface area contributed by atoms with Crippen molar-refractivity contribution in [1.29, 1.82) is 5.26 Å². The van der Waals surface area contributed by atoms with E-state index in [9.17, 15) is 9.59 Å². The molecule has 158 valence electrons. The van der Waals surface area contributed by atoms with Gasteiger partial charge in [0.25, 0.3) is 0 Å². The Morgan fingerprint density at radius 1 is 1.24 bits per heavy atom. The number of amides is 2. The van der Waals surface area contributed by atoms with Crippen LogP contribution in [0.25, 0.3) is 0 Å². The van der Waals surface area contributed by atoms with Crippen LogP contribution in [0.15, 0.2) is 24.3 Å². The van der Waals surface area contributed by atoms with Crippen molar-refractivity contribution in [2.75, 3.05) is 31.6 Å². The molecule has 1 aliphatic rings. The van der Waals surface area contributed by atoms with Gasteiger partial charge < -0.3 is 15.4 Å². The largest absolute Gasteiger partial charge is 0.379 e. The summed E-state index contributed by atoms with van der Waals surface area (Å²) in [5.41, 5.74) is 0.977. The van der Waals surface area contributed by atoms with E-state index >= 15 is 0 Å². The number of rotatable bonds is 9. The second kappa shape index (κ2) is 11.5. The molecule has 1 atom stereocenters. The van der Waals surface area contributed by atoms with E-state index in [4.69, 9.17) is 10.00 Å². The quantitative estimate of drug-likeness (QED) is 0.621. The topological polar surface area (TPSA) is 94.5 Å². The first kappa shape index (κ1) is 22.9. The number of nitrogens with one attached hydrogen (secondary N) is 2. The molecule has 1 aromatic carbocycles. The summed E-state index contributed by atoms with van der Waals surface area (Å²) in [7, 11) is 0. The first-order valence-corrected chi connectivity index (χ1v) is 10.4. The van der Waals surface area contributed by atoms with Gasteiger partial charge in [-0.2, -0.15) is 5.26 Å². The zero-order valence-corrected chi connectivity index (χ0v) is 17.6. The van der Waals surface area contributed by atoms with Gasteiger partial charge in [0, 0.05) is 19.1 Å². The number of carbonyl (C=O) groups is 2. The second-order valence-electron chi connectivity index (χ2n) is 7.70. The van der Waals surface area contributed by atoms with Crippen LogP contribution in [0, 0.1) is 17.2 Å². The van der Waals surface area contributed by atoms with Crippen molar-refractivity contribution in [1.82, 2.24) is 10.2 Å². The third-order valence-corrected chi connectivity index (χ3v) is 5.20. The Kier molecular flexibility index (Phi) is 9.10. The molecule has 2 N–H and O–H groups in total. The number of nitrogens with zero attached hydrogens (tertiary/aromatic N) is 2. The number of anilines is 1. The lowest BCUT2D eigenvalue weighted by Crippen LogP contribution is -2.48. The number of carbonyl (C=O) groups excluding carboxylic acids is 2. The van der Waals surface area contributed by atoms with Gasteiger partial charge >= 0.3 is 0 Å². The van der Waals surface area contributed by atoms with Crippen LogP contribution in [0.4, 0.5) is 5.69 Å². The fourth-order valence-electron chi connectivity index (χ4n) is 3.39. The third-order valence-electron chi connectivity index (χ3n) is 5.20. The van der Waals surface area contributed by atoms with Gasteiger partial charge in [-0.25, -0.2) is 0 Å². The number of ether oxygens (including phenoxy) is 1. The Labute approximate surface area is 173 Å². The van der Waals surface area contributed by atoms with E-state index in [0.29, 0.717) is 37.5 Å². The monoisotopic (exact) mass is 400 g/mol. The van der Waals surface area contributed by atoms with E-state index in [1.54, 1.807) is 24.3 Å². The number of piperidine rings is 1. The molecule has 2 rings (SSSR count). The lowest BCUT2D eigenvalue weighted by molar-refractivity contribution is -0.127. The van der Waals surface area contributed by atoms with E-state index in [1.165, 1.54) is 0 Å². The minimum atomic E-state index is -0.320. The SMILES string of the molecule is CC(C)OCCCNC(=O)C1CCN(C(C)C(=O)Nc2ccccc2C#N)CC1. The Morgan fingerprint density at radius 3 is 2.59 bits per heavy atom. The van der Waals surface area contributed by atoms with Crippen LogP contribution in [0.5, 0.6) is 0 Å². The standard InChI is InChI=1S/C22H32N4O3/c1-16(2)29-14-6-11-24-22(28)18-9-12-26(13-10-18)17(3)21(27)25-20-8-5-4-7-19(20)15-23/h4-5,7-8,16-18H,6,9-14H2,1-3H3,(H,24,28)(H,25,27). The smallest absolute Gasteiger partial charge is 0.241 e. The number of nitriles is 1. The van der Waals surface area contributed by atoms with Crippen LogP contribution in [0.2, 0.25) is 0 Å². The number of hydrogen-bond donors (Lipinski definition) is 2. The second-order valence-corrected chi connectivity index (χ2v) is 7.70. The first-order valence-electron chi connectivity index (χ1n) is 10.4. The van der Waals surface area contributed by atoms with E-state index in [0.717, 1.165) is 19.3 Å². The van der Waals surface area contributed by atoms with Gasteiger partial charge in [-0.1, -0.05) is 12.1 Å². The van der Waals surface area contributed by atoms with Gasteiger partial charge in [-0.05, 0) is 65.3 Å². The number of benzene rings is 1. The highest BCUT2D eigenvalue weighted by molar-refractivity contribution is 5.95. The minimum Gasteiger partial charge on any atom is -0.379 e. The Bertz CT molecular complexity index is 721. The van der Waals surface area contributed by atoms with Crippen LogP contribution in [0.3, 0.4) is 0 Å².